The molecule has 0 aliphatic heterocycles. The third kappa shape index (κ3) is 6.28. The fourth-order valence-electron chi connectivity index (χ4n) is 2.80. The lowest BCUT2D eigenvalue weighted by molar-refractivity contribution is 0.105. The number of hydrogen-bond acceptors (Lipinski definition) is 4. The van der Waals surface area contributed by atoms with E-state index >= 15 is 0 Å². The molecule has 2 N–H and O–H groups in total. The van der Waals surface area contributed by atoms with Crippen molar-refractivity contribution in [2.24, 2.45) is 4.99 Å². The molecule has 0 radical (unpaired) electrons. The number of nitrogens with zero attached hydrogens (tertiary/aromatic N) is 3. The van der Waals surface area contributed by atoms with E-state index in [4.69, 9.17) is 9.15 Å². The third-order valence-electron chi connectivity index (χ3n) is 4.26. The topological polar surface area (TPSA) is 76.6 Å². The first-order valence-corrected chi connectivity index (χ1v) is 9.44. The highest BCUT2D eigenvalue weighted by Gasteiger charge is 2.04. The van der Waals surface area contributed by atoms with Gasteiger partial charge in [-0.15, -0.1) is 0 Å². The van der Waals surface area contributed by atoms with Gasteiger partial charge < -0.3 is 19.8 Å². The first-order chi connectivity index (χ1) is 13.8. The maximum atomic E-state index is 5.59. The number of ether oxygens (including phenoxy) is 1. The van der Waals surface area contributed by atoms with Crippen LogP contribution in [0, 0.1) is 0 Å². The van der Waals surface area contributed by atoms with Crippen molar-refractivity contribution in [1.29, 1.82) is 0 Å². The van der Waals surface area contributed by atoms with Crippen molar-refractivity contribution >= 4 is 5.96 Å². The Hall–Kier alpha value is -3.06. The molecular weight excluding hydrogens is 354 g/mol. The second-order valence-corrected chi connectivity index (χ2v) is 6.31. The van der Waals surface area contributed by atoms with E-state index in [1.165, 1.54) is 11.1 Å². The number of hydrogen-bond donors (Lipinski definition) is 2. The van der Waals surface area contributed by atoms with Gasteiger partial charge in [-0.1, -0.05) is 24.3 Å². The molecule has 0 unspecified atom stereocenters. The number of rotatable bonds is 10. The van der Waals surface area contributed by atoms with Crippen LogP contribution in [0.5, 0.6) is 0 Å². The maximum Gasteiger partial charge on any atom is 0.191 e. The van der Waals surface area contributed by atoms with Crippen molar-refractivity contribution < 1.29 is 9.15 Å². The van der Waals surface area contributed by atoms with Gasteiger partial charge in [-0.2, -0.15) is 5.10 Å². The summed E-state index contributed by atoms with van der Waals surface area (Å²) in [6, 6.07) is 14.1. The van der Waals surface area contributed by atoms with Crippen molar-refractivity contribution in [1.82, 2.24) is 20.4 Å². The average Bonchev–Trinajstić information content (AvgIpc) is 3.42. The molecule has 28 heavy (non-hydrogen) atoms. The summed E-state index contributed by atoms with van der Waals surface area (Å²) in [5, 5.41) is 11.0. The van der Waals surface area contributed by atoms with Gasteiger partial charge in [0.2, 0.25) is 0 Å². The molecule has 0 saturated carbocycles. The Kier molecular flexibility index (Phi) is 7.69. The van der Waals surface area contributed by atoms with E-state index in [1.807, 2.05) is 29.1 Å². The van der Waals surface area contributed by atoms with Gasteiger partial charge in [0, 0.05) is 39.1 Å². The summed E-state index contributed by atoms with van der Waals surface area (Å²) in [6.45, 7) is 3.41. The van der Waals surface area contributed by atoms with E-state index in [9.17, 15) is 0 Å². The second-order valence-electron chi connectivity index (χ2n) is 6.31. The molecule has 7 heteroatoms. The molecule has 1 aromatic carbocycles. The van der Waals surface area contributed by atoms with E-state index in [0.29, 0.717) is 19.8 Å². The predicted octanol–water partition coefficient (Wildman–Crippen LogP) is 2.80. The highest BCUT2D eigenvalue weighted by Crippen LogP contribution is 2.10. The van der Waals surface area contributed by atoms with Crippen LogP contribution >= 0.6 is 0 Å². The summed E-state index contributed by atoms with van der Waals surface area (Å²) in [5.74, 6) is 1.62. The minimum atomic E-state index is 0.507. The summed E-state index contributed by atoms with van der Waals surface area (Å²) in [7, 11) is 1.78. The van der Waals surface area contributed by atoms with Crippen LogP contribution in [-0.4, -0.2) is 35.9 Å². The molecule has 7 nitrogen and oxygen atoms in total. The standard InChI is InChI=1S/C21H27N5O2/c1-22-21(23-10-6-13-27-17-20-9-4-14-28-20)24-15-18-7-2-3-8-19(18)16-26-12-5-11-25-26/h2-5,7-9,11-12,14H,6,10,13,15-17H2,1H3,(H2,22,23,24). The van der Waals surface area contributed by atoms with Crippen LogP contribution in [0.4, 0.5) is 0 Å². The van der Waals surface area contributed by atoms with Crippen molar-refractivity contribution in [3.8, 4) is 0 Å². The van der Waals surface area contributed by atoms with Gasteiger partial charge in [0.1, 0.15) is 12.4 Å². The molecule has 0 spiro atoms. The number of benzene rings is 1. The highest BCUT2D eigenvalue weighted by molar-refractivity contribution is 5.79. The number of furan rings is 1. The van der Waals surface area contributed by atoms with Crippen LogP contribution in [-0.2, 0) is 24.4 Å². The van der Waals surface area contributed by atoms with E-state index in [0.717, 1.165) is 31.2 Å². The lowest BCUT2D eigenvalue weighted by Gasteiger charge is -2.14. The summed E-state index contributed by atoms with van der Waals surface area (Å²) < 4.78 is 12.7. The Morgan fingerprint density at radius 1 is 1.14 bits per heavy atom. The van der Waals surface area contributed by atoms with Gasteiger partial charge >= 0.3 is 0 Å². The molecule has 3 aromatic rings. The zero-order chi connectivity index (χ0) is 19.4. The lowest BCUT2D eigenvalue weighted by Crippen LogP contribution is -2.37. The molecular formula is C21H27N5O2. The smallest absolute Gasteiger partial charge is 0.191 e. The average molecular weight is 381 g/mol. The Bertz CT molecular complexity index is 828. The van der Waals surface area contributed by atoms with E-state index < -0.39 is 0 Å². The lowest BCUT2D eigenvalue weighted by atomic mass is 10.1. The fourth-order valence-corrected chi connectivity index (χ4v) is 2.80. The monoisotopic (exact) mass is 381 g/mol. The third-order valence-corrected chi connectivity index (χ3v) is 4.26. The summed E-state index contributed by atoms with van der Waals surface area (Å²) in [5.41, 5.74) is 2.46. The summed E-state index contributed by atoms with van der Waals surface area (Å²) in [6.07, 6.45) is 6.31. The molecule has 3 rings (SSSR count). The van der Waals surface area contributed by atoms with Gasteiger partial charge in [-0.3, -0.25) is 9.67 Å². The van der Waals surface area contributed by atoms with E-state index in [1.54, 1.807) is 19.5 Å². The minimum absolute atomic E-state index is 0.507. The van der Waals surface area contributed by atoms with Gasteiger partial charge in [0.25, 0.3) is 0 Å². The molecule has 0 aliphatic rings. The van der Waals surface area contributed by atoms with Gasteiger partial charge in [-0.05, 0) is 35.7 Å². The van der Waals surface area contributed by atoms with Gasteiger partial charge in [0.05, 0.1) is 12.8 Å². The summed E-state index contributed by atoms with van der Waals surface area (Å²) >= 11 is 0. The fraction of sp³-hybridized carbons (Fsp3) is 0.333. The van der Waals surface area contributed by atoms with Crippen LogP contribution in [0.1, 0.15) is 23.3 Å². The zero-order valence-corrected chi connectivity index (χ0v) is 16.2. The highest BCUT2D eigenvalue weighted by atomic mass is 16.5. The number of aromatic nitrogens is 2. The van der Waals surface area contributed by atoms with E-state index in [-0.39, 0.29) is 0 Å². The maximum absolute atomic E-state index is 5.59. The van der Waals surface area contributed by atoms with Gasteiger partial charge in [-0.25, -0.2) is 0 Å². The number of guanidine groups is 1. The Balaban J connectivity index is 1.38. The first kappa shape index (κ1) is 19.7. The van der Waals surface area contributed by atoms with Crippen LogP contribution in [0.3, 0.4) is 0 Å². The summed E-state index contributed by atoms with van der Waals surface area (Å²) in [4.78, 5) is 4.29. The Morgan fingerprint density at radius 3 is 2.79 bits per heavy atom. The van der Waals surface area contributed by atoms with Crippen molar-refractivity contribution in [2.75, 3.05) is 20.2 Å². The van der Waals surface area contributed by atoms with Crippen LogP contribution in [0.25, 0.3) is 0 Å². The van der Waals surface area contributed by atoms with Crippen molar-refractivity contribution in [3.63, 3.8) is 0 Å². The molecule has 2 heterocycles. The zero-order valence-electron chi connectivity index (χ0n) is 16.2. The molecule has 0 fully saturated rings. The number of aliphatic imine (C=N–C) groups is 1. The number of nitrogens with one attached hydrogen (secondary N) is 2. The molecule has 0 saturated heterocycles. The Labute approximate surface area is 165 Å². The molecule has 2 aromatic heterocycles. The van der Waals surface area contributed by atoms with Crippen molar-refractivity contribution in [3.05, 3.63) is 78.0 Å². The molecule has 0 aliphatic carbocycles. The van der Waals surface area contributed by atoms with Crippen LogP contribution in [0.2, 0.25) is 0 Å². The molecule has 0 atom stereocenters. The van der Waals surface area contributed by atoms with E-state index in [2.05, 4.69) is 45.0 Å². The second kappa shape index (κ2) is 10.9. The van der Waals surface area contributed by atoms with Crippen LogP contribution in [0.15, 0.2) is 70.5 Å². The normalized spacial score (nSPS) is 11.5. The predicted molar refractivity (Wildman–Crippen MR) is 109 cm³/mol. The quantitative estimate of drug-likeness (QED) is 0.321. The SMILES string of the molecule is CN=C(NCCCOCc1ccco1)NCc1ccccc1Cn1cccn1. The molecule has 148 valence electrons. The first-order valence-electron chi connectivity index (χ1n) is 9.44. The Morgan fingerprint density at radius 2 is 2.04 bits per heavy atom. The van der Waals surface area contributed by atoms with Gasteiger partial charge in [0.15, 0.2) is 5.96 Å². The van der Waals surface area contributed by atoms with Crippen LogP contribution < -0.4 is 10.6 Å². The largest absolute Gasteiger partial charge is 0.467 e. The van der Waals surface area contributed by atoms with Crippen molar-refractivity contribution in [2.45, 2.75) is 26.1 Å². The molecule has 0 bridgehead atoms. The minimum Gasteiger partial charge on any atom is -0.467 e. The molecule has 0 amide bonds.